The van der Waals surface area contributed by atoms with E-state index in [0.717, 1.165) is 12.1 Å². The summed E-state index contributed by atoms with van der Waals surface area (Å²) in [5.74, 6) is -0.844. The number of hydrogen-bond acceptors (Lipinski definition) is 6. The molecule has 148 valence electrons. The monoisotopic (exact) mass is 387 g/mol. The summed E-state index contributed by atoms with van der Waals surface area (Å²) in [6, 6.07) is 7.80. The number of anilines is 1. The van der Waals surface area contributed by atoms with Gasteiger partial charge in [-0.15, -0.1) is 0 Å². The lowest BCUT2D eigenvalue weighted by Crippen LogP contribution is -2.37. The molecular formula is C20H22FN3O4. The van der Waals surface area contributed by atoms with Gasteiger partial charge in [-0.25, -0.2) is 14.2 Å². The molecule has 1 N–H and O–H groups in total. The van der Waals surface area contributed by atoms with Crippen LogP contribution in [-0.4, -0.2) is 39.9 Å². The van der Waals surface area contributed by atoms with Gasteiger partial charge < -0.3 is 9.94 Å². The SMILES string of the molecule is CCN(C(=O)OC(C)(C)C)c1cc(C(=NO)C(=O)c2ccc(F)cc2)ccn1. The Morgan fingerprint density at radius 2 is 1.82 bits per heavy atom. The van der Waals surface area contributed by atoms with Crippen LogP contribution in [0.25, 0.3) is 0 Å². The van der Waals surface area contributed by atoms with Crippen LogP contribution in [0.3, 0.4) is 0 Å². The number of carbonyl (C=O) groups excluding carboxylic acids is 2. The second-order valence-electron chi connectivity index (χ2n) is 6.91. The molecule has 1 aromatic carbocycles. The number of halogens is 1. The number of amides is 1. The molecule has 28 heavy (non-hydrogen) atoms. The predicted molar refractivity (Wildman–Crippen MR) is 103 cm³/mol. The number of hydrogen-bond donors (Lipinski definition) is 1. The van der Waals surface area contributed by atoms with Crippen LogP contribution in [0, 0.1) is 5.82 Å². The number of carbonyl (C=O) groups is 2. The van der Waals surface area contributed by atoms with E-state index in [9.17, 15) is 19.2 Å². The van der Waals surface area contributed by atoms with Crippen molar-refractivity contribution in [2.75, 3.05) is 11.4 Å². The number of ketones is 1. The van der Waals surface area contributed by atoms with E-state index in [4.69, 9.17) is 4.74 Å². The van der Waals surface area contributed by atoms with Crippen molar-refractivity contribution in [2.24, 2.45) is 5.16 Å². The van der Waals surface area contributed by atoms with E-state index in [1.54, 1.807) is 27.7 Å². The van der Waals surface area contributed by atoms with Gasteiger partial charge in [-0.05, 0) is 64.1 Å². The number of rotatable bonds is 5. The molecule has 1 amide bonds. The maximum Gasteiger partial charge on any atom is 0.415 e. The maximum absolute atomic E-state index is 13.1. The molecule has 7 nitrogen and oxygen atoms in total. The topological polar surface area (TPSA) is 92.1 Å². The maximum atomic E-state index is 13.1. The highest BCUT2D eigenvalue weighted by Gasteiger charge is 2.24. The Kier molecular flexibility index (Phi) is 6.45. The van der Waals surface area contributed by atoms with Gasteiger partial charge in [0.2, 0.25) is 5.78 Å². The molecule has 8 heteroatoms. The first-order chi connectivity index (χ1) is 13.2. The van der Waals surface area contributed by atoms with Crippen molar-refractivity contribution in [1.82, 2.24) is 4.98 Å². The molecule has 1 heterocycles. The van der Waals surface area contributed by atoms with Crippen LogP contribution in [0.5, 0.6) is 0 Å². The predicted octanol–water partition coefficient (Wildman–Crippen LogP) is 4.04. The third-order valence-corrected chi connectivity index (χ3v) is 3.65. The number of ether oxygens (including phenoxy) is 1. The van der Waals surface area contributed by atoms with Crippen molar-refractivity contribution in [3.05, 3.63) is 59.5 Å². The van der Waals surface area contributed by atoms with Gasteiger partial charge in [-0.3, -0.25) is 9.69 Å². The molecule has 0 unspecified atom stereocenters. The molecule has 0 aliphatic rings. The van der Waals surface area contributed by atoms with E-state index in [-0.39, 0.29) is 29.2 Å². The minimum absolute atomic E-state index is 0.159. The van der Waals surface area contributed by atoms with Crippen LogP contribution < -0.4 is 4.90 Å². The summed E-state index contributed by atoms with van der Waals surface area (Å²) in [5.41, 5.74) is -0.523. The summed E-state index contributed by atoms with van der Waals surface area (Å²) < 4.78 is 18.4. The van der Waals surface area contributed by atoms with Crippen LogP contribution in [0.4, 0.5) is 15.0 Å². The zero-order valence-corrected chi connectivity index (χ0v) is 16.1. The lowest BCUT2D eigenvalue weighted by molar-refractivity contribution is 0.0581. The van der Waals surface area contributed by atoms with Gasteiger partial charge in [0, 0.05) is 23.9 Å². The Morgan fingerprint density at radius 3 is 2.36 bits per heavy atom. The van der Waals surface area contributed by atoms with E-state index in [1.165, 1.54) is 35.4 Å². The lowest BCUT2D eigenvalue weighted by atomic mass is 10.0. The average molecular weight is 387 g/mol. The Hall–Kier alpha value is -3.29. The zero-order chi connectivity index (χ0) is 20.9. The molecule has 0 bridgehead atoms. The second kappa shape index (κ2) is 8.60. The molecule has 0 spiro atoms. The highest BCUT2D eigenvalue weighted by Crippen LogP contribution is 2.19. The van der Waals surface area contributed by atoms with Gasteiger partial charge in [0.25, 0.3) is 0 Å². The highest BCUT2D eigenvalue weighted by atomic mass is 19.1. The average Bonchev–Trinajstić information content (AvgIpc) is 2.62. The number of benzene rings is 1. The molecule has 0 saturated carbocycles. The molecule has 0 fully saturated rings. The Labute approximate surface area is 162 Å². The third-order valence-electron chi connectivity index (χ3n) is 3.65. The van der Waals surface area contributed by atoms with E-state index in [2.05, 4.69) is 10.1 Å². The molecule has 2 aromatic rings. The largest absolute Gasteiger partial charge is 0.443 e. The summed E-state index contributed by atoms with van der Waals surface area (Å²) in [6.07, 6.45) is 0.799. The van der Waals surface area contributed by atoms with Crippen LogP contribution in [0.2, 0.25) is 0 Å². The Bertz CT molecular complexity index is 889. The number of pyridine rings is 1. The fourth-order valence-corrected chi connectivity index (χ4v) is 2.39. The summed E-state index contributed by atoms with van der Waals surface area (Å²) in [7, 11) is 0. The molecule has 0 aliphatic heterocycles. The first kappa shape index (κ1) is 21.0. The second-order valence-corrected chi connectivity index (χ2v) is 6.91. The number of nitrogens with zero attached hydrogens (tertiary/aromatic N) is 3. The minimum atomic E-state index is -0.682. The molecule has 0 radical (unpaired) electrons. The molecular weight excluding hydrogens is 365 g/mol. The van der Waals surface area contributed by atoms with Crippen molar-refractivity contribution >= 4 is 23.4 Å². The normalized spacial score (nSPS) is 11.8. The Balaban J connectivity index is 2.35. The summed E-state index contributed by atoms with van der Waals surface area (Å²) >= 11 is 0. The lowest BCUT2D eigenvalue weighted by Gasteiger charge is -2.26. The van der Waals surface area contributed by atoms with Gasteiger partial charge in [0.05, 0.1) is 0 Å². The fourth-order valence-electron chi connectivity index (χ4n) is 2.39. The third kappa shape index (κ3) is 5.12. The molecule has 0 aliphatic carbocycles. The van der Waals surface area contributed by atoms with Crippen LogP contribution in [0.1, 0.15) is 43.6 Å². The van der Waals surface area contributed by atoms with E-state index in [1.807, 2.05) is 0 Å². The van der Waals surface area contributed by atoms with Crippen LogP contribution >= 0.6 is 0 Å². The van der Waals surface area contributed by atoms with E-state index < -0.39 is 23.3 Å². The van der Waals surface area contributed by atoms with Crippen LogP contribution in [0.15, 0.2) is 47.8 Å². The molecule has 2 rings (SSSR count). The van der Waals surface area contributed by atoms with Gasteiger partial charge in [-0.2, -0.15) is 0 Å². The Morgan fingerprint density at radius 1 is 1.18 bits per heavy atom. The summed E-state index contributed by atoms with van der Waals surface area (Å²) in [5, 5.41) is 12.5. The van der Waals surface area contributed by atoms with Crippen molar-refractivity contribution in [3.8, 4) is 0 Å². The molecule has 0 atom stereocenters. The quantitative estimate of drug-likeness (QED) is 0.362. The summed E-state index contributed by atoms with van der Waals surface area (Å²) in [4.78, 5) is 30.5. The minimum Gasteiger partial charge on any atom is -0.443 e. The standard InChI is InChI=1S/C20H22FN3O4/c1-5-24(19(26)28-20(2,3)4)16-12-14(10-11-22-16)17(23-27)18(25)13-6-8-15(21)9-7-13/h6-12,27H,5H2,1-4H3. The smallest absolute Gasteiger partial charge is 0.415 e. The number of aromatic nitrogens is 1. The highest BCUT2D eigenvalue weighted by molar-refractivity contribution is 6.51. The van der Waals surface area contributed by atoms with Crippen molar-refractivity contribution < 1.29 is 23.9 Å². The summed E-state index contributed by atoms with van der Waals surface area (Å²) in [6.45, 7) is 7.29. The van der Waals surface area contributed by atoms with Crippen LogP contribution in [-0.2, 0) is 4.74 Å². The number of Topliss-reactive ketones (excluding diaryl/α,β-unsaturated/α-hetero) is 1. The molecule has 1 aromatic heterocycles. The fraction of sp³-hybridized carbons (Fsp3) is 0.300. The van der Waals surface area contributed by atoms with Crippen molar-refractivity contribution in [3.63, 3.8) is 0 Å². The van der Waals surface area contributed by atoms with Crippen molar-refractivity contribution in [1.29, 1.82) is 0 Å². The van der Waals surface area contributed by atoms with E-state index >= 15 is 0 Å². The van der Waals surface area contributed by atoms with Gasteiger partial charge >= 0.3 is 6.09 Å². The first-order valence-electron chi connectivity index (χ1n) is 8.65. The van der Waals surface area contributed by atoms with Crippen molar-refractivity contribution in [2.45, 2.75) is 33.3 Å². The van der Waals surface area contributed by atoms with Gasteiger partial charge in [0.15, 0.2) is 5.71 Å². The zero-order valence-electron chi connectivity index (χ0n) is 16.1. The number of oxime groups is 1. The molecule has 0 saturated heterocycles. The van der Waals surface area contributed by atoms with Gasteiger partial charge in [0.1, 0.15) is 17.2 Å². The van der Waals surface area contributed by atoms with E-state index in [0.29, 0.717) is 0 Å². The first-order valence-corrected chi connectivity index (χ1v) is 8.65. The van der Waals surface area contributed by atoms with Gasteiger partial charge in [-0.1, -0.05) is 5.16 Å².